The molecule has 0 aliphatic rings. The maximum Gasteiger partial charge on any atom is 0.133 e. The van der Waals surface area contributed by atoms with Gasteiger partial charge in [0.15, 0.2) is 0 Å². The Kier molecular flexibility index (Phi) is 4.08. The van der Waals surface area contributed by atoms with E-state index in [4.69, 9.17) is 10.00 Å². The molecule has 0 aromatic heterocycles. The molecule has 0 fully saturated rings. The molecule has 0 amide bonds. The van der Waals surface area contributed by atoms with Crippen LogP contribution in [0.15, 0.2) is 40.9 Å². The molecule has 0 heterocycles. The van der Waals surface area contributed by atoms with Crippen LogP contribution in [0.2, 0.25) is 0 Å². The van der Waals surface area contributed by atoms with E-state index < -0.39 is 0 Å². The van der Waals surface area contributed by atoms with Crippen LogP contribution >= 0.6 is 15.9 Å². The third kappa shape index (κ3) is 3.07. The van der Waals surface area contributed by atoms with Gasteiger partial charge >= 0.3 is 0 Å². The molecule has 0 aliphatic heterocycles. The second-order valence-electron chi connectivity index (χ2n) is 4.14. The number of hydrogen-bond acceptors (Lipinski definition) is 3. The third-order valence-electron chi connectivity index (χ3n) is 2.73. The first-order valence-electron chi connectivity index (χ1n) is 5.75. The molecule has 0 spiro atoms. The lowest BCUT2D eigenvalue weighted by atomic mass is 10.1. The van der Waals surface area contributed by atoms with Crippen molar-refractivity contribution < 1.29 is 4.74 Å². The van der Waals surface area contributed by atoms with Gasteiger partial charge in [0, 0.05) is 5.69 Å². The second kappa shape index (κ2) is 5.77. The van der Waals surface area contributed by atoms with Crippen molar-refractivity contribution in [1.82, 2.24) is 0 Å². The summed E-state index contributed by atoms with van der Waals surface area (Å²) in [4.78, 5) is 0. The molecule has 4 heteroatoms. The van der Waals surface area contributed by atoms with Gasteiger partial charge in [-0.05, 0) is 58.7 Å². The van der Waals surface area contributed by atoms with Gasteiger partial charge in [-0.1, -0.05) is 6.07 Å². The topological polar surface area (TPSA) is 45.0 Å². The van der Waals surface area contributed by atoms with Gasteiger partial charge in [0.05, 0.1) is 22.8 Å². The molecule has 0 bridgehead atoms. The van der Waals surface area contributed by atoms with Crippen molar-refractivity contribution in [3.8, 4) is 11.8 Å². The Morgan fingerprint density at radius 1 is 1.21 bits per heavy atom. The van der Waals surface area contributed by atoms with Crippen molar-refractivity contribution in [1.29, 1.82) is 5.26 Å². The third-order valence-corrected chi connectivity index (χ3v) is 3.35. The summed E-state index contributed by atoms with van der Waals surface area (Å²) in [7, 11) is 1.63. The first-order chi connectivity index (χ1) is 9.13. The van der Waals surface area contributed by atoms with E-state index in [9.17, 15) is 0 Å². The minimum atomic E-state index is 0.623. The van der Waals surface area contributed by atoms with Crippen molar-refractivity contribution >= 4 is 27.3 Å². The van der Waals surface area contributed by atoms with Crippen molar-refractivity contribution in [3.63, 3.8) is 0 Å². The van der Waals surface area contributed by atoms with E-state index >= 15 is 0 Å². The molecule has 96 valence electrons. The lowest BCUT2D eigenvalue weighted by Crippen LogP contribution is -1.95. The summed E-state index contributed by atoms with van der Waals surface area (Å²) in [5.74, 6) is 0.773. The molecule has 1 N–H and O–H groups in total. The first kappa shape index (κ1) is 13.4. The molecule has 3 nitrogen and oxygen atoms in total. The predicted molar refractivity (Wildman–Crippen MR) is 79.9 cm³/mol. The number of benzene rings is 2. The fraction of sp³-hybridized carbons (Fsp3) is 0.133. The Bertz CT molecular complexity index is 647. The number of nitrogens with zero attached hydrogens (tertiary/aromatic N) is 1. The molecule has 0 unspecified atom stereocenters. The van der Waals surface area contributed by atoms with Crippen LogP contribution in [0.3, 0.4) is 0 Å². The summed E-state index contributed by atoms with van der Waals surface area (Å²) < 4.78 is 6.05. The average Bonchev–Trinajstić information content (AvgIpc) is 2.39. The van der Waals surface area contributed by atoms with Gasteiger partial charge in [-0.15, -0.1) is 0 Å². The first-order valence-corrected chi connectivity index (χ1v) is 6.54. The highest BCUT2D eigenvalue weighted by atomic mass is 79.9. The van der Waals surface area contributed by atoms with E-state index in [2.05, 4.69) is 27.3 Å². The van der Waals surface area contributed by atoms with Gasteiger partial charge < -0.3 is 10.1 Å². The van der Waals surface area contributed by atoms with E-state index in [0.29, 0.717) is 5.56 Å². The Morgan fingerprint density at radius 3 is 2.63 bits per heavy atom. The summed E-state index contributed by atoms with van der Waals surface area (Å²) in [6.45, 7) is 2.00. The number of nitrogens with one attached hydrogen (secondary N) is 1. The lowest BCUT2D eigenvalue weighted by molar-refractivity contribution is 0.412. The lowest BCUT2D eigenvalue weighted by Gasteiger charge is -2.11. The molecule has 0 radical (unpaired) electrons. The minimum absolute atomic E-state index is 0.623. The van der Waals surface area contributed by atoms with Crippen molar-refractivity contribution in [3.05, 3.63) is 52.0 Å². The maximum absolute atomic E-state index is 9.10. The van der Waals surface area contributed by atoms with Crippen LogP contribution in [-0.2, 0) is 0 Å². The van der Waals surface area contributed by atoms with Gasteiger partial charge in [-0.25, -0.2) is 0 Å². The van der Waals surface area contributed by atoms with Crippen molar-refractivity contribution in [2.45, 2.75) is 6.92 Å². The summed E-state index contributed by atoms with van der Waals surface area (Å²) in [5, 5.41) is 12.4. The minimum Gasteiger partial charge on any atom is -0.496 e. The van der Waals surface area contributed by atoms with E-state index in [1.165, 1.54) is 0 Å². The van der Waals surface area contributed by atoms with Crippen LogP contribution < -0.4 is 10.1 Å². The zero-order valence-corrected chi connectivity index (χ0v) is 12.3. The molecule has 2 aromatic carbocycles. The van der Waals surface area contributed by atoms with Gasteiger partial charge in [0.1, 0.15) is 11.8 Å². The van der Waals surface area contributed by atoms with Crippen molar-refractivity contribution in [2.24, 2.45) is 0 Å². The monoisotopic (exact) mass is 316 g/mol. The number of hydrogen-bond donors (Lipinski definition) is 1. The summed E-state index contributed by atoms with van der Waals surface area (Å²) in [6, 6.07) is 13.6. The van der Waals surface area contributed by atoms with Gasteiger partial charge in [0.2, 0.25) is 0 Å². The molecular formula is C15H13BrN2O. The number of aryl methyl sites for hydroxylation is 1. The molecule has 0 aliphatic carbocycles. The van der Waals surface area contributed by atoms with Crippen LogP contribution in [0.1, 0.15) is 11.1 Å². The molecule has 0 atom stereocenters. The zero-order chi connectivity index (χ0) is 13.8. The number of rotatable bonds is 3. The summed E-state index contributed by atoms with van der Waals surface area (Å²) in [6.07, 6.45) is 0. The Labute approximate surface area is 121 Å². The standard InChI is InChI=1S/C15H13BrN2O/c1-10-3-4-11(9-17)14(7-10)18-12-5-6-15(19-2)13(16)8-12/h3-8,18H,1-2H3. The van der Waals surface area contributed by atoms with E-state index in [1.54, 1.807) is 7.11 Å². The normalized spacial score (nSPS) is 9.79. The maximum atomic E-state index is 9.10. The smallest absolute Gasteiger partial charge is 0.133 e. The van der Waals surface area contributed by atoms with Crippen LogP contribution in [0.5, 0.6) is 5.75 Å². The number of methoxy groups -OCH3 is 1. The predicted octanol–water partition coefficient (Wildman–Crippen LogP) is 4.38. The van der Waals surface area contributed by atoms with Crippen LogP contribution in [-0.4, -0.2) is 7.11 Å². The molecule has 2 rings (SSSR count). The largest absolute Gasteiger partial charge is 0.496 e. The molecule has 0 saturated heterocycles. The van der Waals surface area contributed by atoms with Gasteiger partial charge in [-0.3, -0.25) is 0 Å². The molecular weight excluding hydrogens is 304 g/mol. The van der Waals surface area contributed by atoms with Crippen LogP contribution in [0, 0.1) is 18.3 Å². The van der Waals surface area contributed by atoms with Gasteiger partial charge in [-0.2, -0.15) is 5.26 Å². The quantitative estimate of drug-likeness (QED) is 0.913. The highest BCUT2D eigenvalue weighted by Gasteiger charge is 2.05. The SMILES string of the molecule is COc1ccc(Nc2cc(C)ccc2C#N)cc1Br. The summed E-state index contributed by atoms with van der Waals surface area (Å²) >= 11 is 3.44. The van der Waals surface area contributed by atoms with E-state index in [1.807, 2.05) is 43.3 Å². The average molecular weight is 317 g/mol. The Hall–Kier alpha value is -1.99. The van der Waals surface area contributed by atoms with Gasteiger partial charge in [0.25, 0.3) is 0 Å². The van der Waals surface area contributed by atoms with Crippen LogP contribution in [0.25, 0.3) is 0 Å². The molecule has 2 aromatic rings. The number of anilines is 2. The van der Waals surface area contributed by atoms with E-state index in [-0.39, 0.29) is 0 Å². The van der Waals surface area contributed by atoms with Crippen LogP contribution in [0.4, 0.5) is 11.4 Å². The van der Waals surface area contributed by atoms with Crippen molar-refractivity contribution in [2.75, 3.05) is 12.4 Å². The molecule has 0 saturated carbocycles. The number of halogens is 1. The Morgan fingerprint density at radius 2 is 2.00 bits per heavy atom. The highest BCUT2D eigenvalue weighted by molar-refractivity contribution is 9.10. The van der Waals surface area contributed by atoms with E-state index in [0.717, 1.165) is 27.2 Å². The highest BCUT2D eigenvalue weighted by Crippen LogP contribution is 2.30. The number of nitriles is 1. The molecule has 19 heavy (non-hydrogen) atoms. The zero-order valence-electron chi connectivity index (χ0n) is 10.7. The fourth-order valence-electron chi connectivity index (χ4n) is 1.76. The Balaban J connectivity index is 2.34. The number of ether oxygens (including phenoxy) is 1. The second-order valence-corrected chi connectivity index (χ2v) is 4.99. The summed E-state index contributed by atoms with van der Waals surface area (Å²) in [5.41, 5.74) is 3.43. The fourth-order valence-corrected chi connectivity index (χ4v) is 2.30.